The molecule has 0 bridgehead atoms. The van der Waals surface area contributed by atoms with E-state index in [4.69, 9.17) is 4.74 Å². The standard InChI is InChI=1S/C23H30N2O.2ClH/c1-19-6-8-20(9-7-19)18-25-15-13-24(14-16-25)12-10-21-11-17-26-23-5-3-2-4-22(21)23;;/h2-9,21H,10-18H2,1H3;2*1H. The van der Waals surface area contributed by atoms with E-state index in [1.165, 1.54) is 55.8 Å². The number of rotatable bonds is 5. The predicted molar refractivity (Wildman–Crippen MR) is 121 cm³/mol. The average molecular weight is 423 g/mol. The molecule has 4 rings (SSSR count). The Hall–Kier alpha value is -1.26. The van der Waals surface area contributed by atoms with Crippen molar-refractivity contribution in [1.29, 1.82) is 0 Å². The van der Waals surface area contributed by atoms with Gasteiger partial charge in [-0.3, -0.25) is 4.90 Å². The van der Waals surface area contributed by atoms with E-state index < -0.39 is 0 Å². The van der Waals surface area contributed by atoms with Crippen LogP contribution in [0.25, 0.3) is 0 Å². The first-order valence-electron chi connectivity index (χ1n) is 10.00. The monoisotopic (exact) mass is 422 g/mol. The van der Waals surface area contributed by atoms with E-state index in [-0.39, 0.29) is 24.8 Å². The minimum Gasteiger partial charge on any atom is -0.493 e. The molecule has 2 aliphatic rings. The van der Waals surface area contributed by atoms with Crippen LogP contribution in [0.1, 0.15) is 35.4 Å². The minimum atomic E-state index is 0. The van der Waals surface area contributed by atoms with E-state index in [9.17, 15) is 0 Å². The first-order chi connectivity index (χ1) is 12.8. The van der Waals surface area contributed by atoms with Gasteiger partial charge in [-0.1, -0.05) is 48.0 Å². The van der Waals surface area contributed by atoms with Gasteiger partial charge < -0.3 is 9.64 Å². The van der Waals surface area contributed by atoms with Gasteiger partial charge in [0.1, 0.15) is 5.75 Å². The van der Waals surface area contributed by atoms with Crippen LogP contribution >= 0.6 is 24.8 Å². The zero-order chi connectivity index (χ0) is 17.8. The molecule has 0 saturated carbocycles. The fourth-order valence-electron chi connectivity index (χ4n) is 4.18. The maximum atomic E-state index is 5.80. The summed E-state index contributed by atoms with van der Waals surface area (Å²) >= 11 is 0. The molecule has 0 aliphatic carbocycles. The Morgan fingerprint density at radius 3 is 2.32 bits per heavy atom. The number of nitrogens with zero attached hydrogens (tertiary/aromatic N) is 2. The maximum absolute atomic E-state index is 5.80. The molecule has 28 heavy (non-hydrogen) atoms. The van der Waals surface area contributed by atoms with Crippen molar-refractivity contribution in [2.75, 3.05) is 39.3 Å². The molecular weight excluding hydrogens is 391 g/mol. The van der Waals surface area contributed by atoms with Gasteiger partial charge in [-0.25, -0.2) is 0 Å². The van der Waals surface area contributed by atoms with Crippen molar-refractivity contribution in [1.82, 2.24) is 9.80 Å². The van der Waals surface area contributed by atoms with Crippen molar-refractivity contribution in [2.45, 2.75) is 32.2 Å². The largest absolute Gasteiger partial charge is 0.493 e. The second-order valence-electron chi connectivity index (χ2n) is 7.76. The van der Waals surface area contributed by atoms with Gasteiger partial charge >= 0.3 is 0 Å². The molecule has 1 atom stereocenters. The fourth-order valence-corrected chi connectivity index (χ4v) is 4.18. The third-order valence-electron chi connectivity index (χ3n) is 5.87. The highest BCUT2D eigenvalue weighted by Gasteiger charge is 2.23. The van der Waals surface area contributed by atoms with Crippen LogP contribution in [-0.4, -0.2) is 49.1 Å². The number of ether oxygens (including phenoxy) is 1. The molecule has 154 valence electrons. The number of para-hydroxylation sites is 1. The van der Waals surface area contributed by atoms with Crippen LogP contribution in [0.15, 0.2) is 48.5 Å². The lowest BCUT2D eigenvalue weighted by atomic mass is 9.90. The summed E-state index contributed by atoms with van der Waals surface area (Å²) in [5.41, 5.74) is 4.19. The zero-order valence-electron chi connectivity index (χ0n) is 16.7. The number of aryl methyl sites for hydroxylation is 1. The Labute approximate surface area is 181 Å². The Bertz CT molecular complexity index is 715. The fraction of sp³-hybridized carbons (Fsp3) is 0.478. The summed E-state index contributed by atoms with van der Waals surface area (Å²) in [7, 11) is 0. The first-order valence-corrected chi connectivity index (χ1v) is 10.00. The van der Waals surface area contributed by atoms with Gasteiger partial charge in [0, 0.05) is 32.7 Å². The smallest absolute Gasteiger partial charge is 0.122 e. The van der Waals surface area contributed by atoms with Crippen molar-refractivity contribution < 1.29 is 4.74 Å². The molecule has 2 aromatic carbocycles. The normalized spacial score (nSPS) is 19.7. The van der Waals surface area contributed by atoms with Gasteiger partial charge in [0.25, 0.3) is 0 Å². The molecule has 0 spiro atoms. The van der Waals surface area contributed by atoms with Crippen LogP contribution in [0.5, 0.6) is 5.75 Å². The average Bonchev–Trinajstić information content (AvgIpc) is 2.69. The Kier molecular flexibility index (Phi) is 9.10. The van der Waals surface area contributed by atoms with Crippen LogP contribution in [0.2, 0.25) is 0 Å². The third kappa shape index (κ3) is 5.87. The van der Waals surface area contributed by atoms with Crippen LogP contribution in [0.3, 0.4) is 0 Å². The number of benzene rings is 2. The second kappa shape index (κ2) is 11.1. The second-order valence-corrected chi connectivity index (χ2v) is 7.76. The van der Waals surface area contributed by atoms with E-state index in [2.05, 4.69) is 65.3 Å². The van der Waals surface area contributed by atoms with Gasteiger partial charge in [-0.15, -0.1) is 24.8 Å². The van der Waals surface area contributed by atoms with Gasteiger partial charge in [0.2, 0.25) is 0 Å². The van der Waals surface area contributed by atoms with Crippen molar-refractivity contribution in [2.24, 2.45) is 0 Å². The predicted octanol–water partition coefficient (Wildman–Crippen LogP) is 4.91. The van der Waals surface area contributed by atoms with Crippen molar-refractivity contribution in [3.8, 4) is 5.75 Å². The van der Waals surface area contributed by atoms with Gasteiger partial charge in [-0.2, -0.15) is 0 Å². The third-order valence-corrected chi connectivity index (χ3v) is 5.87. The number of hydrogen-bond donors (Lipinski definition) is 0. The molecule has 1 fully saturated rings. The molecule has 0 radical (unpaired) electrons. The van der Waals surface area contributed by atoms with Crippen LogP contribution in [0.4, 0.5) is 0 Å². The summed E-state index contributed by atoms with van der Waals surface area (Å²) < 4.78 is 5.80. The zero-order valence-corrected chi connectivity index (χ0v) is 18.3. The number of halogens is 2. The molecular formula is C23H32Cl2N2O. The summed E-state index contributed by atoms with van der Waals surface area (Å²) in [5.74, 6) is 1.76. The topological polar surface area (TPSA) is 15.7 Å². The SMILES string of the molecule is Cc1ccc(CN2CCN(CCC3CCOc4ccccc43)CC2)cc1.Cl.Cl. The molecule has 0 N–H and O–H groups in total. The molecule has 2 heterocycles. The summed E-state index contributed by atoms with van der Waals surface area (Å²) in [6.45, 7) is 10.0. The van der Waals surface area contributed by atoms with Crippen LogP contribution in [0, 0.1) is 6.92 Å². The molecule has 0 amide bonds. The van der Waals surface area contributed by atoms with Crippen molar-refractivity contribution >= 4 is 24.8 Å². The molecule has 2 aromatic rings. The van der Waals surface area contributed by atoms with Crippen LogP contribution < -0.4 is 4.74 Å². The van der Waals surface area contributed by atoms with Crippen molar-refractivity contribution in [3.05, 3.63) is 65.2 Å². The molecule has 1 unspecified atom stereocenters. The number of hydrogen-bond acceptors (Lipinski definition) is 3. The Morgan fingerprint density at radius 2 is 1.57 bits per heavy atom. The van der Waals surface area contributed by atoms with Crippen LogP contribution in [-0.2, 0) is 6.54 Å². The molecule has 3 nitrogen and oxygen atoms in total. The highest BCUT2D eigenvalue weighted by atomic mass is 35.5. The lowest BCUT2D eigenvalue weighted by Crippen LogP contribution is -2.46. The highest BCUT2D eigenvalue weighted by Crippen LogP contribution is 2.35. The summed E-state index contributed by atoms with van der Waals surface area (Å²) in [5, 5.41) is 0. The lowest BCUT2D eigenvalue weighted by Gasteiger charge is -2.36. The van der Waals surface area contributed by atoms with Gasteiger partial charge in [0.15, 0.2) is 0 Å². The van der Waals surface area contributed by atoms with Crippen molar-refractivity contribution in [3.63, 3.8) is 0 Å². The van der Waals surface area contributed by atoms with E-state index >= 15 is 0 Å². The quantitative estimate of drug-likeness (QED) is 0.680. The molecule has 2 aliphatic heterocycles. The Balaban J connectivity index is 0.00000140. The summed E-state index contributed by atoms with van der Waals surface area (Å²) in [6.07, 6.45) is 2.41. The first kappa shape index (κ1) is 23.0. The van der Waals surface area contributed by atoms with E-state index in [0.717, 1.165) is 25.3 Å². The summed E-state index contributed by atoms with van der Waals surface area (Å²) in [4.78, 5) is 5.23. The molecule has 1 saturated heterocycles. The van der Waals surface area contributed by atoms with E-state index in [1.54, 1.807) is 0 Å². The molecule has 0 aromatic heterocycles. The highest BCUT2D eigenvalue weighted by molar-refractivity contribution is 5.85. The lowest BCUT2D eigenvalue weighted by molar-refractivity contribution is 0.122. The number of piperazine rings is 1. The maximum Gasteiger partial charge on any atom is 0.122 e. The van der Waals surface area contributed by atoms with E-state index in [0.29, 0.717) is 5.92 Å². The molecule has 5 heteroatoms. The van der Waals surface area contributed by atoms with E-state index in [1.807, 2.05) is 0 Å². The minimum absolute atomic E-state index is 0. The Morgan fingerprint density at radius 1 is 0.893 bits per heavy atom. The summed E-state index contributed by atoms with van der Waals surface area (Å²) in [6, 6.07) is 17.6. The van der Waals surface area contributed by atoms with Gasteiger partial charge in [0.05, 0.1) is 6.61 Å². The van der Waals surface area contributed by atoms with Gasteiger partial charge in [-0.05, 0) is 49.4 Å². The number of fused-ring (bicyclic) bond motifs is 1.